The Balaban J connectivity index is 3.02. The number of anilines is 1. The van der Waals surface area contributed by atoms with Crippen molar-refractivity contribution in [2.45, 2.75) is 44.6 Å². The number of aryl methyl sites for hydroxylation is 1. The minimum absolute atomic E-state index is 0.0558. The van der Waals surface area contributed by atoms with Crippen LogP contribution < -0.4 is 14.3 Å². The number of nitrogens with zero attached hydrogens (tertiary/aromatic N) is 1. The van der Waals surface area contributed by atoms with Crippen LogP contribution in [-0.2, 0) is 24.8 Å². The SMILES string of the molecule is Cc1ccc(S(=O)(=O)NCCC(=O)NC(C)(C)CO)c(C)c1N(C)S(C)(=O)=O. The van der Waals surface area contributed by atoms with E-state index in [4.69, 9.17) is 5.11 Å². The summed E-state index contributed by atoms with van der Waals surface area (Å²) in [5.74, 6) is -0.403. The lowest BCUT2D eigenvalue weighted by atomic mass is 10.1. The van der Waals surface area contributed by atoms with Crippen LogP contribution in [-0.4, -0.2) is 59.8 Å². The summed E-state index contributed by atoms with van der Waals surface area (Å²) in [4.78, 5) is 11.8. The lowest BCUT2D eigenvalue weighted by Crippen LogP contribution is -2.47. The smallest absolute Gasteiger partial charge is 0.240 e. The number of hydrogen-bond donors (Lipinski definition) is 3. The molecule has 160 valence electrons. The predicted molar refractivity (Wildman–Crippen MR) is 108 cm³/mol. The van der Waals surface area contributed by atoms with Crippen molar-refractivity contribution in [3.8, 4) is 0 Å². The van der Waals surface area contributed by atoms with Crippen LogP contribution in [0, 0.1) is 13.8 Å². The number of hydrogen-bond acceptors (Lipinski definition) is 6. The summed E-state index contributed by atoms with van der Waals surface area (Å²) in [6.45, 7) is 6.13. The molecule has 28 heavy (non-hydrogen) atoms. The van der Waals surface area contributed by atoms with Gasteiger partial charge in [0, 0.05) is 20.0 Å². The van der Waals surface area contributed by atoms with Crippen molar-refractivity contribution < 1.29 is 26.7 Å². The topological polar surface area (TPSA) is 133 Å². The summed E-state index contributed by atoms with van der Waals surface area (Å²) in [5.41, 5.74) is 0.420. The molecule has 0 atom stereocenters. The van der Waals surface area contributed by atoms with E-state index in [1.165, 1.54) is 26.1 Å². The van der Waals surface area contributed by atoms with Gasteiger partial charge < -0.3 is 10.4 Å². The maximum Gasteiger partial charge on any atom is 0.240 e. The Labute approximate surface area is 167 Å². The maximum atomic E-state index is 12.7. The Morgan fingerprint density at radius 2 is 1.75 bits per heavy atom. The highest BCUT2D eigenvalue weighted by molar-refractivity contribution is 7.92. The molecule has 1 amide bonds. The van der Waals surface area contributed by atoms with Gasteiger partial charge in [-0.3, -0.25) is 9.10 Å². The molecule has 0 aliphatic rings. The zero-order chi connectivity index (χ0) is 21.9. The first kappa shape index (κ1) is 24.3. The van der Waals surface area contributed by atoms with Gasteiger partial charge in [-0.1, -0.05) is 6.07 Å². The van der Waals surface area contributed by atoms with Gasteiger partial charge in [-0.2, -0.15) is 0 Å². The van der Waals surface area contributed by atoms with Crippen molar-refractivity contribution in [2.75, 3.05) is 30.8 Å². The van der Waals surface area contributed by atoms with Crippen LogP contribution in [0.4, 0.5) is 5.69 Å². The molecule has 0 radical (unpaired) electrons. The number of rotatable bonds is 9. The van der Waals surface area contributed by atoms with E-state index in [0.717, 1.165) is 10.6 Å². The molecule has 1 rings (SSSR count). The first-order valence-corrected chi connectivity index (χ1v) is 11.9. The number of amides is 1. The average molecular weight is 436 g/mol. The second kappa shape index (κ2) is 8.76. The Morgan fingerprint density at radius 3 is 2.25 bits per heavy atom. The maximum absolute atomic E-state index is 12.7. The third kappa shape index (κ3) is 6.16. The molecule has 0 aliphatic heterocycles. The molecule has 0 heterocycles. The van der Waals surface area contributed by atoms with E-state index in [0.29, 0.717) is 16.8 Å². The summed E-state index contributed by atoms with van der Waals surface area (Å²) in [7, 11) is -6.16. The van der Waals surface area contributed by atoms with Crippen LogP contribution in [0.1, 0.15) is 31.4 Å². The third-order valence-corrected chi connectivity index (χ3v) is 6.99. The molecule has 1 aromatic carbocycles. The number of carbonyl (C=O) groups excluding carboxylic acids is 1. The fourth-order valence-corrected chi connectivity index (χ4v) is 4.50. The van der Waals surface area contributed by atoms with E-state index >= 15 is 0 Å². The van der Waals surface area contributed by atoms with Crippen molar-refractivity contribution in [1.82, 2.24) is 10.0 Å². The van der Waals surface area contributed by atoms with Crippen LogP contribution in [0.2, 0.25) is 0 Å². The number of aliphatic hydroxyl groups is 1. The fourth-order valence-electron chi connectivity index (χ4n) is 2.61. The quantitative estimate of drug-likeness (QED) is 0.509. The van der Waals surface area contributed by atoms with E-state index in [9.17, 15) is 21.6 Å². The molecule has 0 saturated carbocycles. The molecule has 0 spiro atoms. The average Bonchev–Trinajstić information content (AvgIpc) is 2.52. The van der Waals surface area contributed by atoms with Crippen molar-refractivity contribution in [2.24, 2.45) is 0 Å². The second-order valence-electron chi connectivity index (χ2n) is 7.32. The Hall–Kier alpha value is -1.69. The van der Waals surface area contributed by atoms with E-state index in [-0.39, 0.29) is 24.5 Å². The summed E-state index contributed by atoms with van der Waals surface area (Å²) in [6, 6.07) is 2.94. The molecule has 0 fully saturated rings. The molecule has 1 aromatic rings. The van der Waals surface area contributed by atoms with Crippen LogP contribution in [0.15, 0.2) is 17.0 Å². The van der Waals surface area contributed by atoms with Gasteiger partial charge in [0.05, 0.1) is 29.0 Å². The third-order valence-electron chi connectivity index (χ3n) is 4.20. The van der Waals surface area contributed by atoms with Gasteiger partial charge in [0.15, 0.2) is 0 Å². The summed E-state index contributed by atoms with van der Waals surface area (Å²) < 4.78 is 52.5. The van der Waals surface area contributed by atoms with Crippen LogP contribution in [0.25, 0.3) is 0 Å². The Kier molecular flexibility index (Phi) is 7.62. The van der Waals surface area contributed by atoms with Crippen LogP contribution >= 0.6 is 0 Å². The van der Waals surface area contributed by atoms with Gasteiger partial charge in [0.25, 0.3) is 0 Å². The molecule has 0 aromatic heterocycles. The van der Waals surface area contributed by atoms with Crippen molar-refractivity contribution in [1.29, 1.82) is 0 Å². The molecule has 3 N–H and O–H groups in total. The zero-order valence-corrected chi connectivity index (χ0v) is 18.7. The highest BCUT2D eigenvalue weighted by atomic mass is 32.2. The molecule has 0 saturated heterocycles. The van der Waals surface area contributed by atoms with E-state index in [1.54, 1.807) is 20.8 Å². The highest BCUT2D eigenvalue weighted by Crippen LogP contribution is 2.30. The van der Waals surface area contributed by atoms with Gasteiger partial charge >= 0.3 is 0 Å². The van der Waals surface area contributed by atoms with Gasteiger partial charge in [-0.25, -0.2) is 21.6 Å². The number of nitrogens with one attached hydrogen (secondary N) is 2. The number of sulfonamides is 2. The molecule has 0 bridgehead atoms. The van der Waals surface area contributed by atoms with E-state index in [2.05, 4.69) is 10.0 Å². The Bertz CT molecular complexity index is 940. The van der Waals surface area contributed by atoms with Gasteiger partial charge in [-0.15, -0.1) is 0 Å². The van der Waals surface area contributed by atoms with Gasteiger partial charge in [-0.05, 0) is 44.9 Å². The lowest BCUT2D eigenvalue weighted by Gasteiger charge is -2.24. The minimum atomic E-state index is -3.96. The summed E-state index contributed by atoms with van der Waals surface area (Å²) in [6.07, 6.45) is 0.932. The highest BCUT2D eigenvalue weighted by Gasteiger charge is 2.24. The predicted octanol–water partition coefficient (Wildman–Crippen LogP) is 0.255. The minimum Gasteiger partial charge on any atom is -0.394 e. The van der Waals surface area contributed by atoms with E-state index < -0.39 is 31.5 Å². The lowest BCUT2D eigenvalue weighted by molar-refractivity contribution is -0.123. The van der Waals surface area contributed by atoms with Crippen LogP contribution in [0.5, 0.6) is 0 Å². The van der Waals surface area contributed by atoms with Crippen molar-refractivity contribution in [3.63, 3.8) is 0 Å². The number of benzene rings is 1. The van der Waals surface area contributed by atoms with Crippen LogP contribution in [0.3, 0.4) is 0 Å². The fraction of sp³-hybridized carbons (Fsp3) is 0.588. The van der Waals surface area contributed by atoms with Crippen molar-refractivity contribution >= 4 is 31.6 Å². The van der Waals surface area contributed by atoms with Gasteiger partial charge in [0.2, 0.25) is 26.0 Å². The number of carbonyl (C=O) groups is 1. The second-order valence-corrected chi connectivity index (χ2v) is 11.1. The molecule has 0 unspecified atom stereocenters. The monoisotopic (exact) mass is 435 g/mol. The molecule has 9 nitrogen and oxygen atoms in total. The first-order valence-electron chi connectivity index (χ1n) is 8.58. The molecular formula is C17H29N3O6S2. The van der Waals surface area contributed by atoms with E-state index in [1.807, 2.05) is 0 Å². The largest absolute Gasteiger partial charge is 0.394 e. The molecule has 11 heteroatoms. The summed E-state index contributed by atoms with van der Waals surface area (Å²) >= 11 is 0. The first-order chi connectivity index (χ1) is 12.6. The van der Waals surface area contributed by atoms with Crippen molar-refractivity contribution in [3.05, 3.63) is 23.3 Å². The van der Waals surface area contributed by atoms with Gasteiger partial charge in [0.1, 0.15) is 0 Å². The Morgan fingerprint density at radius 1 is 1.18 bits per heavy atom. The summed E-state index contributed by atoms with van der Waals surface area (Å²) in [5, 5.41) is 11.7. The zero-order valence-electron chi connectivity index (χ0n) is 17.0. The number of aliphatic hydroxyl groups excluding tert-OH is 1. The molecule has 0 aliphatic carbocycles. The molecular weight excluding hydrogens is 406 g/mol. The normalized spacial score (nSPS) is 12.7. The standard InChI is InChI=1S/C17H29N3O6S2/c1-12-7-8-14(13(2)16(12)20(5)27(6,23)24)28(25,26)18-10-9-15(22)19-17(3,4)11-21/h7-8,18,21H,9-11H2,1-6H3,(H,19,22).